The number of ether oxygens (including phenoxy) is 1. The Bertz CT molecular complexity index is 759. The second-order valence-corrected chi connectivity index (χ2v) is 9.07. The second-order valence-electron chi connectivity index (χ2n) is 9.07. The quantitative estimate of drug-likeness (QED) is 0.365. The molecule has 1 aliphatic heterocycles. The van der Waals surface area contributed by atoms with Gasteiger partial charge in [-0.1, -0.05) is 63.9 Å². The Morgan fingerprint density at radius 1 is 1.20 bits per heavy atom. The lowest BCUT2D eigenvalue weighted by Crippen LogP contribution is -2.56. The molecule has 1 fully saturated rings. The van der Waals surface area contributed by atoms with Crippen LogP contribution in [0.25, 0.3) is 0 Å². The molecule has 1 saturated heterocycles. The number of carbonyl (C=O) groups excluding carboxylic acids is 3. The van der Waals surface area contributed by atoms with Crippen molar-refractivity contribution in [1.29, 1.82) is 0 Å². The third-order valence-electron chi connectivity index (χ3n) is 6.02. The molecule has 30 heavy (non-hydrogen) atoms. The molecule has 0 aromatic heterocycles. The Hall–Kier alpha value is -2.25. The van der Waals surface area contributed by atoms with E-state index in [-0.39, 0.29) is 17.4 Å². The van der Waals surface area contributed by atoms with Gasteiger partial charge in [-0.05, 0) is 30.2 Å². The van der Waals surface area contributed by atoms with E-state index in [1.54, 1.807) is 0 Å². The van der Waals surface area contributed by atoms with Crippen molar-refractivity contribution in [3.05, 3.63) is 35.9 Å². The van der Waals surface area contributed by atoms with E-state index in [0.29, 0.717) is 6.42 Å². The van der Waals surface area contributed by atoms with E-state index in [0.717, 1.165) is 19.3 Å². The molecule has 3 amide bonds. The molecule has 1 aromatic rings. The first-order valence-electron chi connectivity index (χ1n) is 10.5. The van der Waals surface area contributed by atoms with Gasteiger partial charge in [0.05, 0.1) is 11.3 Å². The van der Waals surface area contributed by atoms with Gasteiger partial charge < -0.3 is 10.1 Å². The number of nitrogens with one attached hydrogen (secondary N) is 1. The van der Waals surface area contributed by atoms with E-state index in [4.69, 9.17) is 4.74 Å². The molecule has 2 N–H and O–H groups in total. The highest BCUT2D eigenvalue weighted by molar-refractivity contribution is 6.09. The zero-order chi connectivity index (χ0) is 22.5. The molecule has 0 spiro atoms. The molecule has 3 atom stereocenters. The lowest BCUT2D eigenvalue weighted by atomic mass is 9.59. The number of imide groups is 1. The third kappa shape index (κ3) is 4.57. The lowest BCUT2D eigenvalue weighted by Gasteiger charge is -2.43. The summed E-state index contributed by atoms with van der Waals surface area (Å²) in [6.07, 6.45) is 2.36. The zero-order valence-electron chi connectivity index (χ0n) is 18.6. The number of nitrogens with zero attached hydrogens (tertiary/aromatic N) is 1. The maximum absolute atomic E-state index is 13.2. The van der Waals surface area contributed by atoms with Crippen molar-refractivity contribution in [1.82, 2.24) is 10.4 Å². The summed E-state index contributed by atoms with van der Waals surface area (Å²) in [7, 11) is 2.84. The molecular formula is C23H34N2O5. The largest absolute Gasteiger partial charge is 0.370 e. The average molecular weight is 419 g/mol. The molecule has 1 aromatic carbocycles. The van der Waals surface area contributed by atoms with Gasteiger partial charge in [-0.15, -0.1) is 0 Å². The SMILES string of the molecule is CNC(=O)[C@@H](C(C)(C)C)[C@@]1(CCCCCc2ccccc2)C(=O)N(O)C(=O)[C@H]1OC. The van der Waals surface area contributed by atoms with Crippen molar-refractivity contribution >= 4 is 17.7 Å². The van der Waals surface area contributed by atoms with Gasteiger partial charge in [0.15, 0.2) is 6.10 Å². The van der Waals surface area contributed by atoms with Crippen LogP contribution in [0.15, 0.2) is 30.3 Å². The highest BCUT2D eigenvalue weighted by atomic mass is 16.5. The van der Waals surface area contributed by atoms with Gasteiger partial charge in [0.2, 0.25) is 5.91 Å². The van der Waals surface area contributed by atoms with Gasteiger partial charge in [-0.2, -0.15) is 5.06 Å². The number of hydrogen-bond acceptors (Lipinski definition) is 5. The van der Waals surface area contributed by atoms with Crippen LogP contribution in [0.5, 0.6) is 0 Å². The molecular weight excluding hydrogens is 384 g/mol. The molecule has 2 rings (SSSR count). The summed E-state index contributed by atoms with van der Waals surface area (Å²) in [5.41, 5.74) is -0.846. The van der Waals surface area contributed by atoms with Gasteiger partial charge in [-0.3, -0.25) is 19.6 Å². The van der Waals surface area contributed by atoms with Crippen molar-refractivity contribution in [2.75, 3.05) is 14.2 Å². The number of amides is 3. The standard InChI is InChI=1S/C23H34N2O5/c1-22(2,3)17(19(26)24-4)23(18(30-5)20(27)25(29)21(23)28)15-11-7-10-14-16-12-8-6-9-13-16/h6,8-9,12-13,17-18,29H,7,10-11,14-15H2,1-5H3,(H,24,26)/t17-,18+,23+/m0/s1. The number of rotatable bonds is 9. The van der Waals surface area contributed by atoms with Gasteiger partial charge in [-0.25, -0.2) is 0 Å². The highest BCUT2D eigenvalue weighted by Gasteiger charge is 2.67. The van der Waals surface area contributed by atoms with Gasteiger partial charge in [0, 0.05) is 14.2 Å². The number of unbranched alkanes of at least 4 members (excludes halogenated alkanes) is 2. The van der Waals surface area contributed by atoms with Crippen LogP contribution < -0.4 is 5.32 Å². The van der Waals surface area contributed by atoms with E-state index >= 15 is 0 Å². The zero-order valence-corrected chi connectivity index (χ0v) is 18.6. The van der Waals surface area contributed by atoms with Crippen molar-refractivity contribution < 1.29 is 24.3 Å². The van der Waals surface area contributed by atoms with Crippen molar-refractivity contribution in [3.8, 4) is 0 Å². The summed E-state index contributed by atoms with van der Waals surface area (Å²) in [5.74, 6) is -2.76. The summed E-state index contributed by atoms with van der Waals surface area (Å²) < 4.78 is 5.43. The topological polar surface area (TPSA) is 95.9 Å². The fourth-order valence-electron chi connectivity index (χ4n) is 4.82. The first-order chi connectivity index (χ1) is 14.1. The number of hydrogen-bond donors (Lipinski definition) is 2. The summed E-state index contributed by atoms with van der Waals surface area (Å²) in [5, 5.41) is 12.9. The maximum Gasteiger partial charge on any atom is 0.283 e. The Kier molecular flexibility index (Phi) is 7.77. The number of hydroxylamine groups is 2. The minimum Gasteiger partial charge on any atom is -0.370 e. The Labute approximate surface area is 178 Å². The molecule has 0 bridgehead atoms. The van der Waals surface area contributed by atoms with E-state index in [1.165, 1.54) is 19.7 Å². The molecule has 0 saturated carbocycles. The van der Waals surface area contributed by atoms with Gasteiger partial charge in [0.25, 0.3) is 11.8 Å². The van der Waals surface area contributed by atoms with Crippen molar-refractivity contribution in [2.24, 2.45) is 16.7 Å². The minimum atomic E-state index is -1.45. The Morgan fingerprint density at radius 2 is 1.83 bits per heavy atom. The monoisotopic (exact) mass is 418 g/mol. The summed E-state index contributed by atoms with van der Waals surface area (Å²) in [6, 6.07) is 10.1. The summed E-state index contributed by atoms with van der Waals surface area (Å²) in [4.78, 5) is 38.7. The molecule has 7 heteroatoms. The molecule has 1 aliphatic rings. The maximum atomic E-state index is 13.2. The normalized spacial score (nSPS) is 23.0. The molecule has 0 unspecified atom stereocenters. The highest BCUT2D eigenvalue weighted by Crippen LogP contribution is 2.51. The fourth-order valence-corrected chi connectivity index (χ4v) is 4.82. The number of aryl methyl sites for hydroxylation is 1. The summed E-state index contributed by atoms with van der Waals surface area (Å²) >= 11 is 0. The molecule has 166 valence electrons. The second kappa shape index (κ2) is 9.71. The van der Waals surface area contributed by atoms with Crippen LogP contribution in [0.3, 0.4) is 0 Å². The van der Waals surface area contributed by atoms with E-state index in [1.807, 2.05) is 39.0 Å². The molecule has 1 heterocycles. The Morgan fingerprint density at radius 3 is 2.37 bits per heavy atom. The van der Waals surface area contributed by atoms with E-state index in [2.05, 4.69) is 17.4 Å². The predicted molar refractivity (Wildman–Crippen MR) is 112 cm³/mol. The first kappa shape index (κ1) is 24.0. The minimum absolute atomic E-state index is 0.139. The summed E-state index contributed by atoms with van der Waals surface area (Å²) in [6.45, 7) is 5.57. The van der Waals surface area contributed by atoms with Gasteiger partial charge >= 0.3 is 0 Å². The number of methoxy groups -OCH3 is 1. The lowest BCUT2D eigenvalue weighted by molar-refractivity contribution is -0.177. The predicted octanol–water partition coefficient (Wildman–Crippen LogP) is 2.96. The smallest absolute Gasteiger partial charge is 0.283 e. The van der Waals surface area contributed by atoms with Crippen LogP contribution in [-0.2, 0) is 25.5 Å². The van der Waals surface area contributed by atoms with E-state index < -0.39 is 34.7 Å². The first-order valence-corrected chi connectivity index (χ1v) is 10.5. The van der Waals surface area contributed by atoms with Crippen LogP contribution in [0, 0.1) is 16.7 Å². The number of carbonyl (C=O) groups is 3. The van der Waals surface area contributed by atoms with Crippen molar-refractivity contribution in [2.45, 2.75) is 59.0 Å². The average Bonchev–Trinajstić information content (AvgIpc) is 2.88. The molecule has 0 radical (unpaired) electrons. The van der Waals surface area contributed by atoms with Gasteiger partial charge in [0.1, 0.15) is 0 Å². The van der Waals surface area contributed by atoms with Crippen LogP contribution in [0.2, 0.25) is 0 Å². The van der Waals surface area contributed by atoms with E-state index in [9.17, 15) is 19.6 Å². The van der Waals surface area contributed by atoms with Crippen molar-refractivity contribution in [3.63, 3.8) is 0 Å². The fraction of sp³-hybridized carbons (Fsp3) is 0.609. The molecule has 0 aliphatic carbocycles. The Balaban J connectivity index is 2.28. The van der Waals surface area contributed by atoms with Crippen LogP contribution >= 0.6 is 0 Å². The van der Waals surface area contributed by atoms with Crippen LogP contribution in [-0.4, -0.2) is 48.3 Å². The van der Waals surface area contributed by atoms with Crippen LogP contribution in [0.1, 0.15) is 52.0 Å². The number of benzene rings is 1. The molecule has 7 nitrogen and oxygen atoms in total. The van der Waals surface area contributed by atoms with Crippen LogP contribution in [0.4, 0.5) is 0 Å². The third-order valence-corrected chi connectivity index (χ3v) is 6.02.